The second-order valence-corrected chi connectivity index (χ2v) is 8.38. The minimum atomic E-state index is -5.06. The van der Waals surface area contributed by atoms with E-state index in [2.05, 4.69) is 0 Å². The van der Waals surface area contributed by atoms with E-state index < -0.39 is 64.2 Å². The van der Waals surface area contributed by atoms with Gasteiger partial charge in [0.05, 0.1) is 6.04 Å². The SMILES string of the molecule is NC(=O)c1ccc2c(c1)C([C@@H](c1cc(F)ccc1Cl)C(F)(F)F)N(C1CCC(=O)NC1=O)C2=O. The van der Waals surface area contributed by atoms with Crippen molar-refractivity contribution in [2.45, 2.75) is 37.0 Å². The number of carbonyl (C=O) groups is 4. The topological polar surface area (TPSA) is 110 Å². The number of benzene rings is 2. The summed E-state index contributed by atoms with van der Waals surface area (Å²) in [7, 11) is 0. The van der Waals surface area contributed by atoms with Crippen LogP contribution in [0.5, 0.6) is 0 Å². The fraction of sp³-hybridized carbons (Fsp3) is 0.273. The van der Waals surface area contributed by atoms with E-state index in [1.165, 1.54) is 6.07 Å². The maximum absolute atomic E-state index is 14.6. The van der Waals surface area contributed by atoms with E-state index in [4.69, 9.17) is 17.3 Å². The van der Waals surface area contributed by atoms with Gasteiger partial charge in [0.25, 0.3) is 5.91 Å². The van der Waals surface area contributed by atoms with E-state index in [-0.39, 0.29) is 29.5 Å². The zero-order chi connectivity index (χ0) is 24.9. The number of primary amides is 1. The van der Waals surface area contributed by atoms with Crippen LogP contribution < -0.4 is 11.1 Å². The molecule has 34 heavy (non-hydrogen) atoms. The van der Waals surface area contributed by atoms with Crippen molar-refractivity contribution < 1.29 is 36.7 Å². The van der Waals surface area contributed by atoms with E-state index >= 15 is 0 Å². The number of piperidine rings is 1. The van der Waals surface area contributed by atoms with E-state index in [0.29, 0.717) is 6.07 Å². The molecule has 1 fully saturated rings. The second-order valence-electron chi connectivity index (χ2n) is 7.98. The first-order chi connectivity index (χ1) is 15.9. The van der Waals surface area contributed by atoms with Gasteiger partial charge in [0.2, 0.25) is 17.7 Å². The van der Waals surface area contributed by atoms with Crippen LogP contribution in [0, 0.1) is 5.82 Å². The van der Waals surface area contributed by atoms with Crippen LogP contribution in [0.1, 0.15) is 56.6 Å². The molecule has 4 amide bonds. The summed E-state index contributed by atoms with van der Waals surface area (Å²) >= 11 is 6.03. The molecule has 12 heteroatoms. The average molecular weight is 498 g/mol. The van der Waals surface area contributed by atoms with Gasteiger partial charge in [-0.15, -0.1) is 0 Å². The molecule has 2 aromatic rings. The Morgan fingerprint density at radius 3 is 2.47 bits per heavy atom. The van der Waals surface area contributed by atoms with Crippen LogP contribution in [0.2, 0.25) is 5.02 Å². The highest BCUT2D eigenvalue weighted by Crippen LogP contribution is 2.53. The minimum Gasteiger partial charge on any atom is -0.366 e. The quantitative estimate of drug-likeness (QED) is 0.499. The summed E-state index contributed by atoms with van der Waals surface area (Å²) in [6.07, 6.45) is -5.48. The number of halogens is 5. The maximum Gasteiger partial charge on any atom is 0.398 e. The molecule has 4 rings (SSSR count). The second kappa shape index (κ2) is 8.39. The summed E-state index contributed by atoms with van der Waals surface area (Å²) in [5, 5.41) is 1.62. The molecule has 2 unspecified atom stereocenters. The zero-order valence-electron chi connectivity index (χ0n) is 17.2. The molecule has 0 radical (unpaired) electrons. The number of nitrogens with two attached hydrogens (primary N) is 1. The molecule has 1 saturated heterocycles. The van der Waals surface area contributed by atoms with Crippen LogP contribution in [0.25, 0.3) is 0 Å². The third-order valence-corrected chi connectivity index (χ3v) is 6.27. The third kappa shape index (κ3) is 4.00. The molecule has 0 aromatic heterocycles. The standard InChI is InChI=1S/C22H16ClF4N3O4/c23-14-4-2-10(24)8-13(14)17(22(25,26)27)18-12-7-9(19(28)32)1-3-11(12)21(34)30(18)15-5-6-16(31)29-20(15)33/h1-4,7-8,15,17-18H,5-6H2,(H2,28,32)(H,29,31,33)/t15?,17-,18?/m1/s1. The Balaban J connectivity index is 1.97. The van der Waals surface area contributed by atoms with E-state index in [1.807, 2.05) is 5.32 Å². The maximum atomic E-state index is 14.6. The Bertz CT molecular complexity index is 1230. The van der Waals surface area contributed by atoms with Crippen LogP contribution >= 0.6 is 11.6 Å². The van der Waals surface area contributed by atoms with E-state index in [1.54, 1.807) is 0 Å². The van der Waals surface area contributed by atoms with Crippen molar-refractivity contribution in [3.63, 3.8) is 0 Å². The van der Waals surface area contributed by atoms with Crippen molar-refractivity contribution in [1.82, 2.24) is 10.2 Å². The molecule has 2 aromatic carbocycles. The highest BCUT2D eigenvalue weighted by Gasteiger charge is 2.56. The molecule has 0 bridgehead atoms. The van der Waals surface area contributed by atoms with Gasteiger partial charge in [-0.2, -0.15) is 13.2 Å². The van der Waals surface area contributed by atoms with Crippen LogP contribution in [0.4, 0.5) is 17.6 Å². The summed E-state index contributed by atoms with van der Waals surface area (Å²) in [6, 6.07) is 2.54. The molecule has 2 aliphatic heterocycles. The minimum absolute atomic E-state index is 0.159. The van der Waals surface area contributed by atoms with Crippen molar-refractivity contribution in [1.29, 1.82) is 0 Å². The summed E-state index contributed by atoms with van der Waals surface area (Å²) in [5.41, 5.74) is 4.08. The molecule has 0 saturated carbocycles. The van der Waals surface area contributed by atoms with Crippen molar-refractivity contribution >= 4 is 35.2 Å². The van der Waals surface area contributed by atoms with Gasteiger partial charge < -0.3 is 10.6 Å². The lowest BCUT2D eigenvalue weighted by Crippen LogP contribution is -2.54. The Morgan fingerprint density at radius 1 is 1.15 bits per heavy atom. The molecule has 3 N–H and O–H groups in total. The largest absolute Gasteiger partial charge is 0.398 e. The molecule has 178 valence electrons. The van der Waals surface area contributed by atoms with Crippen LogP contribution in [-0.4, -0.2) is 40.7 Å². The van der Waals surface area contributed by atoms with Crippen molar-refractivity contribution in [2.75, 3.05) is 0 Å². The van der Waals surface area contributed by atoms with Gasteiger partial charge in [-0.1, -0.05) is 11.6 Å². The number of fused-ring (bicyclic) bond motifs is 1. The van der Waals surface area contributed by atoms with Gasteiger partial charge in [-0.05, 0) is 53.9 Å². The number of nitrogens with one attached hydrogen (secondary N) is 1. The van der Waals surface area contributed by atoms with Crippen molar-refractivity contribution in [2.24, 2.45) is 5.73 Å². The van der Waals surface area contributed by atoms with Gasteiger partial charge in [-0.3, -0.25) is 24.5 Å². The van der Waals surface area contributed by atoms with E-state index in [0.717, 1.165) is 29.2 Å². The number of imide groups is 1. The molecule has 0 spiro atoms. The summed E-state index contributed by atoms with van der Waals surface area (Å²) in [6.45, 7) is 0. The zero-order valence-corrected chi connectivity index (χ0v) is 17.9. The first-order valence-corrected chi connectivity index (χ1v) is 10.4. The molecule has 3 atom stereocenters. The highest BCUT2D eigenvalue weighted by atomic mass is 35.5. The number of rotatable bonds is 4. The molecule has 2 heterocycles. The smallest absolute Gasteiger partial charge is 0.366 e. The summed E-state index contributed by atoms with van der Waals surface area (Å²) < 4.78 is 57.8. The molecular weight excluding hydrogens is 482 g/mol. The van der Waals surface area contributed by atoms with Crippen LogP contribution in [-0.2, 0) is 9.59 Å². The van der Waals surface area contributed by atoms with Gasteiger partial charge in [0, 0.05) is 22.6 Å². The molecular formula is C22H16ClF4N3O4. The number of alkyl halides is 3. The lowest BCUT2D eigenvalue weighted by atomic mass is 9.84. The van der Waals surface area contributed by atoms with Gasteiger partial charge >= 0.3 is 6.18 Å². The predicted octanol–water partition coefficient (Wildman–Crippen LogP) is 3.23. The lowest BCUT2D eigenvalue weighted by molar-refractivity contribution is -0.167. The number of carbonyl (C=O) groups excluding carboxylic acids is 4. The van der Waals surface area contributed by atoms with Crippen molar-refractivity contribution in [3.05, 3.63) is 69.5 Å². The molecule has 7 nitrogen and oxygen atoms in total. The van der Waals surface area contributed by atoms with Gasteiger partial charge in [0.15, 0.2) is 0 Å². The highest BCUT2D eigenvalue weighted by molar-refractivity contribution is 6.31. The fourth-order valence-corrected chi connectivity index (χ4v) is 4.71. The normalized spacial score (nSPS) is 21.3. The van der Waals surface area contributed by atoms with Crippen molar-refractivity contribution in [3.8, 4) is 0 Å². The lowest BCUT2D eigenvalue weighted by Gasteiger charge is -2.39. The summed E-state index contributed by atoms with van der Waals surface area (Å²) in [5.74, 6) is -6.97. The average Bonchev–Trinajstić information content (AvgIpc) is 3.01. The molecule has 0 aliphatic carbocycles. The van der Waals surface area contributed by atoms with E-state index in [9.17, 15) is 36.7 Å². The van der Waals surface area contributed by atoms with Gasteiger partial charge in [0.1, 0.15) is 17.8 Å². The Morgan fingerprint density at radius 2 is 1.85 bits per heavy atom. The number of hydrogen-bond acceptors (Lipinski definition) is 4. The Kier molecular flexibility index (Phi) is 5.84. The number of hydrogen-bond donors (Lipinski definition) is 2. The van der Waals surface area contributed by atoms with Crippen LogP contribution in [0.3, 0.4) is 0 Å². The first kappa shape index (κ1) is 23.7. The first-order valence-electron chi connectivity index (χ1n) is 10.0. The number of amides is 4. The number of nitrogens with zero attached hydrogens (tertiary/aromatic N) is 1. The Hall–Kier alpha value is -3.47. The predicted molar refractivity (Wildman–Crippen MR) is 110 cm³/mol. The third-order valence-electron chi connectivity index (χ3n) is 5.93. The van der Waals surface area contributed by atoms with Gasteiger partial charge in [-0.25, -0.2) is 4.39 Å². The van der Waals surface area contributed by atoms with Crippen LogP contribution in [0.15, 0.2) is 36.4 Å². The molecule has 2 aliphatic rings. The fourth-order valence-electron chi connectivity index (χ4n) is 4.47. The Labute approximate surface area is 194 Å². The monoisotopic (exact) mass is 497 g/mol. The summed E-state index contributed by atoms with van der Waals surface area (Å²) in [4.78, 5) is 49.9.